The quantitative estimate of drug-likeness (QED) is 0.711. The van der Waals surface area contributed by atoms with Crippen molar-refractivity contribution >= 4 is 15.9 Å². The molecule has 1 amide bonds. The summed E-state index contributed by atoms with van der Waals surface area (Å²) in [6.07, 6.45) is -0.325. The second-order valence-corrected chi connectivity index (χ2v) is 8.82. The molecule has 2 unspecified atom stereocenters. The van der Waals surface area contributed by atoms with Crippen molar-refractivity contribution in [3.8, 4) is 0 Å². The average molecular weight is 381 g/mol. The molecule has 2 rings (SSSR count). The molecule has 2 atom stereocenters. The third-order valence-electron chi connectivity index (χ3n) is 4.23. The summed E-state index contributed by atoms with van der Waals surface area (Å²) in [4.78, 5) is 14.5. The minimum atomic E-state index is -3.67. The van der Waals surface area contributed by atoms with Gasteiger partial charge in [0.15, 0.2) is 0 Å². The first-order valence-corrected chi connectivity index (χ1v) is 10.3. The molecule has 0 spiro atoms. The summed E-state index contributed by atoms with van der Waals surface area (Å²) in [5.41, 5.74) is 1.24. The maximum atomic E-state index is 13.0. The minimum Gasteiger partial charge on any atom is -0.373 e. The summed E-state index contributed by atoms with van der Waals surface area (Å²) >= 11 is 0. The molecule has 144 valence electrons. The number of likely N-dealkylation sites (N-methyl/N-ethyl adjacent to an activating group) is 1. The van der Waals surface area contributed by atoms with Crippen molar-refractivity contribution in [2.45, 2.75) is 44.8 Å². The van der Waals surface area contributed by atoms with Gasteiger partial charge in [-0.2, -0.15) is 4.31 Å². The monoisotopic (exact) mass is 380 g/mol. The molecule has 1 aromatic rings. The van der Waals surface area contributed by atoms with Gasteiger partial charge in [0.2, 0.25) is 10.0 Å². The maximum Gasteiger partial charge on any atom is 0.254 e. The predicted octanol–water partition coefficient (Wildman–Crippen LogP) is 2.52. The summed E-state index contributed by atoms with van der Waals surface area (Å²) in [7, 11) is -3.67. The molecular formula is C19H28N2O4S. The lowest BCUT2D eigenvalue weighted by molar-refractivity contribution is -0.0440. The van der Waals surface area contributed by atoms with E-state index < -0.39 is 10.0 Å². The Hall–Kier alpha value is -1.70. The van der Waals surface area contributed by atoms with E-state index in [1.165, 1.54) is 16.4 Å². The third-order valence-corrected chi connectivity index (χ3v) is 6.06. The largest absolute Gasteiger partial charge is 0.373 e. The number of carbonyl (C=O) groups excluding carboxylic acids is 1. The second kappa shape index (κ2) is 8.33. The van der Waals surface area contributed by atoms with Crippen LogP contribution in [-0.4, -0.2) is 61.9 Å². The van der Waals surface area contributed by atoms with Gasteiger partial charge in [0.05, 0.1) is 17.1 Å². The topological polar surface area (TPSA) is 66.9 Å². The fraction of sp³-hybridized carbons (Fsp3) is 0.526. The first-order valence-electron chi connectivity index (χ1n) is 8.84. The summed E-state index contributed by atoms with van der Waals surface area (Å²) in [5.74, 6) is -0.198. The van der Waals surface area contributed by atoms with Crippen LogP contribution in [0.25, 0.3) is 0 Å². The molecule has 1 saturated heterocycles. The molecule has 1 aromatic carbocycles. The first kappa shape index (κ1) is 20.6. The maximum absolute atomic E-state index is 13.0. The third kappa shape index (κ3) is 4.72. The molecular weight excluding hydrogens is 352 g/mol. The molecule has 1 aliphatic heterocycles. The number of amides is 1. The Bertz CT molecular complexity index is 765. The van der Waals surface area contributed by atoms with E-state index in [4.69, 9.17) is 4.74 Å². The Labute approximate surface area is 156 Å². The number of nitrogens with zero attached hydrogens (tertiary/aromatic N) is 2. The van der Waals surface area contributed by atoms with E-state index in [0.717, 1.165) is 5.57 Å². The highest BCUT2D eigenvalue weighted by atomic mass is 32.2. The van der Waals surface area contributed by atoms with E-state index in [2.05, 4.69) is 6.58 Å². The lowest BCUT2D eigenvalue weighted by Gasteiger charge is -2.34. The summed E-state index contributed by atoms with van der Waals surface area (Å²) in [5, 5.41) is 0. The van der Waals surface area contributed by atoms with Gasteiger partial charge in [-0.25, -0.2) is 8.42 Å². The zero-order chi connectivity index (χ0) is 19.5. The van der Waals surface area contributed by atoms with Gasteiger partial charge in [0.1, 0.15) is 0 Å². The summed E-state index contributed by atoms with van der Waals surface area (Å²) in [6.45, 7) is 12.9. The SMILES string of the molecule is C=C(C)CN(CC)C(=O)c1cccc(S(=O)(=O)N2CC(C)OC(C)C2)c1. The van der Waals surface area contributed by atoms with Gasteiger partial charge in [-0.1, -0.05) is 18.2 Å². The number of morpholine rings is 1. The van der Waals surface area contributed by atoms with E-state index in [-0.39, 0.29) is 23.0 Å². The molecule has 0 bridgehead atoms. The highest BCUT2D eigenvalue weighted by molar-refractivity contribution is 7.89. The van der Waals surface area contributed by atoms with Crippen molar-refractivity contribution in [2.75, 3.05) is 26.2 Å². The molecule has 7 heteroatoms. The molecule has 26 heavy (non-hydrogen) atoms. The Morgan fingerprint density at radius 1 is 1.31 bits per heavy atom. The van der Waals surface area contributed by atoms with Crippen LogP contribution < -0.4 is 0 Å². The van der Waals surface area contributed by atoms with E-state index in [0.29, 0.717) is 31.7 Å². The molecule has 0 aliphatic carbocycles. The van der Waals surface area contributed by atoms with Crippen LogP contribution in [0.2, 0.25) is 0 Å². The van der Waals surface area contributed by atoms with Gasteiger partial charge in [-0.3, -0.25) is 4.79 Å². The van der Waals surface area contributed by atoms with Gasteiger partial charge in [0.25, 0.3) is 5.91 Å². The van der Waals surface area contributed by atoms with Crippen molar-refractivity contribution in [2.24, 2.45) is 0 Å². The zero-order valence-corrected chi connectivity index (χ0v) is 16.8. The Balaban J connectivity index is 2.30. The van der Waals surface area contributed by atoms with E-state index >= 15 is 0 Å². The number of benzene rings is 1. The van der Waals surface area contributed by atoms with Crippen molar-refractivity contribution in [1.82, 2.24) is 9.21 Å². The van der Waals surface area contributed by atoms with E-state index in [9.17, 15) is 13.2 Å². The lowest BCUT2D eigenvalue weighted by Crippen LogP contribution is -2.48. The number of sulfonamides is 1. The van der Waals surface area contributed by atoms with Crippen LogP contribution in [-0.2, 0) is 14.8 Å². The van der Waals surface area contributed by atoms with E-state index in [1.54, 1.807) is 17.0 Å². The van der Waals surface area contributed by atoms with Gasteiger partial charge in [0, 0.05) is 31.7 Å². The molecule has 0 saturated carbocycles. The predicted molar refractivity (Wildman–Crippen MR) is 102 cm³/mol. The number of hydrogen-bond acceptors (Lipinski definition) is 4. The number of rotatable bonds is 6. The number of hydrogen-bond donors (Lipinski definition) is 0. The molecule has 1 aliphatic rings. The van der Waals surface area contributed by atoms with Crippen LogP contribution in [0, 0.1) is 0 Å². The fourth-order valence-electron chi connectivity index (χ4n) is 3.10. The van der Waals surface area contributed by atoms with Crippen molar-refractivity contribution in [3.05, 3.63) is 42.0 Å². The standard InChI is InChI=1S/C19H28N2O4S/c1-6-20(11-14(2)3)19(22)17-8-7-9-18(10-17)26(23,24)21-12-15(4)25-16(5)13-21/h7-10,15-16H,2,6,11-13H2,1,3-5H3. The normalized spacial score (nSPS) is 21.4. The molecule has 0 aromatic heterocycles. The van der Waals surface area contributed by atoms with Crippen molar-refractivity contribution in [1.29, 1.82) is 0 Å². The Kier molecular flexibility index (Phi) is 6.60. The molecule has 0 N–H and O–H groups in total. The zero-order valence-electron chi connectivity index (χ0n) is 15.9. The smallest absolute Gasteiger partial charge is 0.254 e. The molecule has 6 nitrogen and oxygen atoms in total. The number of carbonyl (C=O) groups is 1. The summed E-state index contributed by atoms with van der Waals surface area (Å²) < 4.78 is 33.1. The first-order chi connectivity index (χ1) is 12.1. The van der Waals surface area contributed by atoms with Crippen LogP contribution in [0.1, 0.15) is 38.1 Å². The minimum absolute atomic E-state index is 0.135. The van der Waals surface area contributed by atoms with E-state index in [1.807, 2.05) is 27.7 Å². The van der Waals surface area contributed by atoms with Gasteiger partial charge in [-0.05, 0) is 45.9 Å². The van der Waals surface area contributed by atoms with Gasteiger partial charge < -0.3 is 9.64 Å². The van der Waals surface area contributed by atoms with Gasteiger partial charge in [-0.15, -0.1) is 0 Å². The van der Waals surface area contributed by atoms with Crippen LogP contribution in [0.5, 0.6) is 0 Å². The molecule has 1 heterocycles. The Morgan fingerprint density at radius 3 is 2.46 bits per heavy atom. The van der Waals surface area contributed by atoms with Crippen LogP contribution in [0.15, 0.2) is 41.3 Å². The molecule has 1 fully saturated rings. The van der Waals surface area contributed by atoms with Gasteiger partial charge >= 0.3 is 0 Å². The van der Waals surface area contributed by atoms with Crippen LogP contribution in [0.3, 0.4) is 0 Å². The average Bonchev–Trinajstić information content (AvgIpc) is 2.58. The second-order valence-electron chi connectivity index (χ2n) is 6.88. The van der Waals surface area contributed by atoms with Crippen LogP contribution in [0.4, 0.5) is 0 Å². The molecule has 0 radical (unpaired) electrons. The fourth-order valence-corrected chi connectivity index (χ4v) is 4.74. The highest BCUT2D eigenvalue weighted by Gasteiger charge is 2.32. The van der Waals surface area contributed by atoms with Crippen molar-refractivity contribution in [3.63, 3.8) is 0 Å². The lowest BCUT2D eigenvalue weighted by atomic mass is 10.2. The summed E-state index contributed by atoms with van der Waals surface area (Å²) in [6, 6.07) is 6.25. The van der Waals surface area contributed by atoms with Crippen molar-refractivity contribution < 1.29 is 17.9 Å². The highest BCUT2D eigenvalue weighted by Crippen LogP contribution is 2.22. The number of ether oxygens (including phenoxy) is 1. The van der Waals surface area contributed by atoms with Crippen LogP contribution >= 0.6 is 0 Å². The Morgan fingerprint density at radius 2 is 1.92 bits per heavy atom.